The predicted molar refractivity (Wildman–Crippen MR) is 209 cm³/mol. The number of imidazole rings is 2. The van der Waals surface area contributed by atoms with Crippen molar-refractivity contribution in [1.29, 1.82) is 0 Å². The van der Waals surface area contributed by atoms with Gasteiger partial charge in [-0.2, -0.15) is 0 Å². The second-order valence-corrected chi connectivity index (χ2v) is 13.3. The topological polar surface area (TPSA) is 35.6 Å². The van der Waals surface area contributed by atoms with Gasteiger partial charge in [-0.3, -0.25) is 0 Å². The van der Waals surface area contributed by atoms with Crippen LogP contribution < -0.4 is 0 Å². The average molecular weight is 641 g/mol. The molecule has 2 heterocycles. The fraction of sp³-hybridized carbons (Fsp3) is 0.0435. The molecule has 0 bridgehead atoms. The van der Waals surface area contributed by atoms with Crippen LogP contribution in [0.5, 0.6) is 0 Å². The Balaban J connectivity index is 1.07. The van der Waals surface area contributed by atoms with Gasteiger partial charge in [0.1, 0.15) is 11.6 Å². The van der Waals surface area contributed by atoms with Crippen molar-refractivity contribution >= 4 is 54.4 Å². The van der Waals surface area contributed by atoms with Crippen LogP contribution in [0.3, 0.4) is 0 Å². The molecule has 0 atom stereocenters. The van der Waals surface area contributed by atoms with E-state index < -0.39 is 0 Å². The van der Waals surface area contributed by atoms with Gasteiger partial charge in [0.2, 0.25) is 0 Å². The van der Waals surface area contributed by atoms with E-state index in [2.05, 4.69) is 169 Å². The molecule has 0 aliphatic heterocycles. The minimum atomic E-state index is 0.978. The molecule has 0 fully saturated rings. The minimum absolute atomic E-state index is 0.978. The van der Waals surface area contributed by atoms with E-state index in [0.29, 0.717) is 0 Å². The molecule has 2 aromatic heterocycles. The summed E-state index contributed by atoms with van der Waals surface area (Å²) < 4.78 is 4.36. The van der Waals surface area contributed by atoms with Crippen LogP contribution in [0.1, 0.15) is 0 Å². The molecular formula is C46H32N4. The van der Waals surface area contributed by atoms with Crippen LogP contribution in [0, 0.1) is 0 Å². The van der Waals surface area contributed by atoms with Crippen molar-refractivity contribution in [3.8, 4) is 45.0 Å². The predicted octanol–water partition coefficient (Wildman–Crippen LogP) is 11.6. The SMILES string of the molecule is Cn1c(-c2ccc3cc(-c4cc5ccccc5cc4-c4ccc5cc(-c6nc7ccccc7n6C)ccc5c4)ccc3c2)nc2ccccc21. The molecule has 10 aromatic rings. The normalized spacial score (nSPS) is 11.8. The van der Waals surface area contributed by atoms with Gasteiger partial charge in [-0.25, -0.2) is 9.97 Å². The third-order valence-electron chi connectivity index (χ3n) is 10.3. The van der Waals surface area contributed by atoms with Gasteiger partial charge in [0.25, 0.3) is 0 Å². The zero-order valence-electron chi connectivity index (χ0n) is 27.8. The third-order valence-corrected chi connectivity index (χ3v) is 10.3. The van der Waals surface area contributed by atoms with Gasteiger partial charge in [-0.1, -0.05) is 97.1 Å². The van der Waals surface area contributed by atoms with Crippen LogP contribution in [-0.2, 0) is 14.1 Å². The molecule has 0 aliphatic carbocycles. The molecule has 0 aliphatic rings. The molecule has 0 N–H and O–H groups in total. The Morgan fingerprint density at radius 2 is 0.680 bits per heavy atom. The Kier molecular flexibility index (Phi) is 6.27. The van der Waals surface area contributed by atoms with Crippen molar-refractivity contribution in [2.45, 2.75) is 0 Å². The Labute approximate surface area is 289 Å². The summed E-state index contributed by atoms with van der Waals surface area (Å²) in [6.45, 7) is 0. The number of rotatable bonds is 4. The Morgan fingerprint density at radius 1 is 0.340 bits per heavy atom. The van der Waals surface area contributed by atoms with Crippen LogP contribution in [0.15, 0.2) is 158 Å². The molecule has 0 saturated heterocycles. The quantitative estimate of drug-likeness (QED) is 0.192. The Bertz CT molecular complexity index is 2760. The first kappa shape index (κ1) is 28.5. The number of aryl methyl sites for hydroxylation is 2. The first-order valence-electron chi connectivity index (χ1n) is 17.0. The second-order valence-electron chi connectivity index (χ2n) is 13.3. The van der Waals surface area contributed by atoms with E-state index in [9.17, 15) is 0 Å². The van der Waals surface area contributed by atoms with Crippen LogP contribution >= 0.6 is 0 Å². The molecule has 4 heteroatoms. The van der Waals surface area contributed by atoms with Gasteiger partial charge in [-0.05, 0) is 115 Å². The summed E-state index contributed by atoms with van der Waals surface area (Å²) in [4.78, 5) is 9.88. The number of hydrogen-bond donors (Lipinski definition) is 0. The summed E-state index contributed by atoms with van der Waals surface area (Å²) in [5, 5.41) is 7.27. The summed E-state index contributed by atoms with van der Waals surface area (Å²) in [5.41, 5.74) is 11.4. The third kappa shape index (κ3) is 4.53. The second kappa shape index (κ2) is 11.0. The number of aromatic nitrogens is 4. The molecule has 0 saturated carbocycles. The lowest BCUT2D eigenvalue weighted by Gasteiger charge is -2.15. The lowest BCUT2D eigenvalue weighted by molar-refractivity contribution is 0.960. The maximum atomic E-state index is 4.94. The van der Waals surface area contributed by atoms with E-state index in [1.165, 1.54) is 54.6 Å². The van der Waals surface area contributed by atoms with E-state index in [0.717, 1.165) is 44.8 Å². The number of hydrogen-bond acceptors (Lipinski definition) is 2. The van der Waals surface area contributed by atoms with Crippen molar-refractivity contribution < 1.29 is 0 Å². The van der Waals surface area contributed by atoms with Crippen LogP contribution in [-0.4, -0.2) is 19.1 Å². The fourth-order valence-electron chi connectivity index (χ4n) is 7.63. The molecular weight excluding hydrogens is 609 g/mol. The van der Waals surface area contributed by atoms with E-state index in [4.69, 9.17) is 9.97 Å². The number of benzene rings is 8. The average Bonchev–Trinajstić information content (AvgIpc) is 3.69. The molecule has 50 heavy (non-hydrogen) atoms. The van der Waals surface area contributed by atoms with Crippen LogP contribution in [0.25, 0.3) is 99.4 Å². The van der Waals surface area contributed by atoms with Gasteiger partial charge in [0, 0.05) is 25.2 Å². The number of nitrogens with zero attached hydrogens (tertiary/aromatic N) is 4. The first-order chi connectivity index (χ1) is 24.6. The zero-order valence-corrected chi connectivity index (χ0v) is 27.8. The van der Waals surface area contributed by atoms with Gasteiger partial charge in [0.05, 0.1) is 22.1 Å². The van der Waals surface area contributed by atoms with Gasteiger partial charge < -0.3 is 9.13 Å². The molecule has 0 unspecified atom stereocenters. The van der Waals surface area contributed by atoms with Crippen molar-refractivity contribution in [2.24, 2.45) is 14.1 Å². The molecule has 10 rings (SSSR count). The molecule has 236 valence electrons. The Morgan fingerprint density at radius 3 is 1.10 bits per heavy atom. The maximum absolute atomic E-state index is 4.94. The summed E-state index contributed by atoms with van der Waals surface area (Å²) in [5.74, 6) is 1.96. The highest BCUT2D eigenvalue weighted by Gasteiger charge is 2.15. The fourth-order valence-corrected chi connectivity index (χ4v) is 7.63. The van der Waals surface area contributed by atoms with E-state index >= 15 is 0 Å². The first-order valence-corrected chi connectivity index (χ1v) is 17.0. The molecule has 0 spiro atoms. The van der Waals surface area contributed by atoms with Gasteiger partial charge in [-0.15, -0.1) is 0 Å². The number of para-hydroxylation sites is 4. The summed E-state index contributed by atoms with van der Waals surface area (Å²) >= 11 is 0. The standard InChI is InChI=1S/C46H32N4/c1-49-43-13-7-5-11-41(43)47-45(49)37-21-17-31-23-35(19-15-33(31)25-37)39-27-29-9-3-4-10-30(29)28-40(39)36-20-16-34-26-38(22-18-32(34)24-36)46-48-42-12-6-8-14-44(42)50(46)2/h3-28H,1-2H3. The maximum Gasteiger partial charge on any atom is 0.140 e. The highest BCUT2D eigenvalue weighted by atomic mass is 15.1. The summed E-state index contributed by atoms with van der Waals surface area (Å²) in [7, 11) is 4.18. The monoisotopic (exact) mass is 640 g/mol. The van der Waals surface area contributed by atoms with Gasteiger partial charge in [0.15, 0.2) is 0 Å². The number of fused-ring (bicyclic) bond motifs is 5. The summed E-state index contributed by atoms with van der Waals surface area (Å²) in [6, 6.07) is 57.0. The highest BCUT2D eigenvalue weighted by Crippen LogP contribution is 2.39. The molecule has 4 nitrogen and oxygen atoms in total. The van der Waals surface area contributed by atoms with Crippen molar-refractivity contribution in [1.82, 2.24) is 19.1 Å². The summed E-state index contributed by atoms with van der Waals surface area (Å²) in [6.07, 6.45) is 0. The van der Waals surface area contributed by atoms with Crippen LogP contribution in [0.4, 0.5) is 0 Å². The van der Waals surface area contributed by atoms with Crippen molar-refractivity contribution in [3.63, 3.8) is 0 Å². The molecule has 8 aromatic carbocycles. The zero-order chi connectivity index (χ0) is 33.3. The van der Waals surface area contributed by atoms with Crippen molar-refractivity contribution in [3.05, 3.63) is 158 Å². The smallest absolute Gasteiger partial charge is 0.140 e. The Hall–Kier alpha value is -6.52. The van der Waals surface area contributed by atoms with Crippen LogP contribution in [0.2, 0.25) is 0 Å². The lowest BCUT2D eigenvalue weighted by atomic mass is 9.89. The minimum Gasteiger partial charge on any atom is -0.327 e. The molecule has 0 radical (unpaired) electrons. The van der Waals surface area contributed by atoms with Gasteiger partial charge >= 0.3 is 0 Å². The largest absolute Gasteiger partial charge is 0.327 e. The van der Waals surface area contributed by atoms with E-state index in [-0.39, 0.29) is 0 Å². The van der Waals surface area contributed by atoms with Crippen molar-refractivity contribution in [2.75, 3.05) is 0 Å². The lowest BCUT2D eigenvalue weighted by Crippen LogP contribution is -1.93. The van der Waals surface area contributed by atoms with E-state index in [1.54, 1.807) is 0 Å². The molecule has 0 amide bonds. The van der Waals surface area contributed by atoms with E-state index in [1.807, 2.05) is 12.1 Å². The highest BCUT2D eigenvalue weighted by molar-refractivity contribution is 6.01.